The molecule has 0 spiro atoms. The monoisotopic (exact) mass is 498 g/mol. The van der Waals surface area contributed by atoms with E-state index in [-0.39, 0.29) is 17.7 Å². The number of carbonyl (C=O) groups is 4. The Morgan fingerprint density at radius 3 is 2.44 bits per heavy atom. The average Bonchev–Trinajstić information content (AvgIpc) is 3.51. The van der Waals surface area contributed by atoms with Gasteiger partial charge in [-0.25, -0.2) is 14.8 Å². The highest BCUT2D eigenvalue weighted by Crippen LogP contribution is 2.38. The van der Waals surface area contributed by atoms with Crippen molar-refractivity contribution in [2.24, 2.45) is 5.92 Å². The van der Waals surface area contributed by atoms with Gasteiger partial charge in [0.25, 0.3) is 0 Å². The molecule has 1 aromatic heterocycles. The van der Waals surface area contributed by atoms with Crippen LogP contribution in [-0.2, 0) is 19.1 Å². The van der Waals surface area contributed by atoms with Crippen LogP contribution in [0.5, 0.6) is 0 Å². The van der Waals surface area contributed by atoms with Gasteiger partial charge in [0, 0.05) is 17.5 Å². The molecule has 1 aromatic carbocycles. The summed E-state index contributed by atoms with van der Waals surface area (Å²) in [5.74, 6) is -2.72. The molecule has 36 heavy (non-hydrogen) atoms. The zero-order valence-corrected chi connectivity index (χ0v) is 21.7. The number of nitrogens with one attached hydrogen (secondary N) is 2. The Kier molecular flexibility index (Phi) is 7.96. The number of aromatic nitrogens is 2. The van der Waals surface area contributed by atoms with Gasteiger partial charge in [-0.2, -0.15) is 0 Å². The smallest absolute Gasteiger partial charge is 0.408 e. The van der Waals surface area contributed by atoms with E-state index in [0.29, 0.717) is 22.5 Å². The summed E-state index contributed by atoms with van der Waals surface area (Å²) in [5.41, 5.74) is 1.12. The van der Waals surface area contributed by atoms with E-state index in [1.165, 1.54) is 0 Å². The molecule has 1 aliphatic rings. The third-order valence-corrected chi connectivity index (χ3v) is 5.74. The third kappa shape index (κ3) is 6.99. The second-order valence-electron chi connectivity index (χ2n) is 10.3. The topological polar surface area (TPSA) is 137 Å². The van der Waals surface area contributed by atoms with Crippen LogP contribution in [0.2, 0.25) is 0 Å². The van der Waals surface area contributed by atoms with Crippen LogP contribution in [0, 0.1) is 12.8 Å². The number of nitrogens with zero attached hydrogens (tertiary/aromatic N) is 2. The van der Waals surface area contributed by atoms with Crippen LogP contribution >= 0.6 is 0 Å². The summed E-state index contributed by atoms with van der Waals surface area (Å²) in [5, 5.41) is 5.73. The van der Waals surface area contributed by atoms with E-state index < -0.39 is 48.1 Å². The number of amides is 1. The van der Waals surface area contributed by atoms with Crippen LogP contribution < -0.4 is 10.6 Å². The number of hydrogen-bond acceptors (Lipinski definition) is 9. The number of ether oxygens (including phenoxy) is 2. The Labute approximate surface area is 210 Å². The number of carbonyl (C=O) groups excluding carboxylic acids is 4. The number of rotatable bonds is 10. The van der Waals surface area contributed by atoms with E-state index in [2.05, 4.69) is 27.5 Å². The fourth-order valence-corrected chi connectivity index (χ4v) is 3.57. The van der Waals surface area contributed by atoms with Crippen LogP contribution in [0.4, 0.5) is 10.6 Å². The first kappa shape index (κ1) is 27.0. The Bertz CT molecular complexity index is 1180. The molecular formula is C26H34N4O6. The normalized spacial score (nSPS) is 15.1. The van der Waals surface area contributed by atoms with E-state index in [1.807, 2.05) is 6.92 Å². The molecule has 1 amide bonds. The molecule has 1 saturated carbocycles. The predicted molar refractivity (Wildman–Crippen MR) is 134 cm³/mol. The molecule has 10 nitrogen and oxygen atoms in total. The van der Waals surface area contributed by atoms with Crippen molar-refractivity contribution in [1.29, 1.82) is 0 Å². The second kappa shape index (κ2) is 10.6. The molecule has 0 saturated heterocycles. The maximum atomic E-state index is 13.3. The third-order valence-electron chi connectivity index (χ3n) is 5.74. The van der Waals surface area contributed by atoms with Crippen molar-refractivity contribution < 1.29 is 28.7 Å². The molecule has 0 bridgehead atoms. The summed E-state index contributed by atoms with van der Waals surface area (Å²) in [6, 6.07) is 5.04. The molecule has 1 aliphatic carbocycles. The lowest BCUT2D eigenvalue weighted by molar-refractivity contribution is -0.151. The number of benzene rings is 1. The number of anilines is 1. The first-order chi connectivity index (χ1) is 16.8. The van der Waals surface area contributed by atoms with Crippen LogP contribution in [0.1, 0.15) is 69.9 Å². The lowest BCUT2D eigenvalue weighted by Gasteiger charge is -2.20. The maximum Gasteiger partial charge on any atom is 0.408 e. The molecular weight excluding hydrogens is 464 g/mol. The Morgan fingerprint density at radius 2 is 1.83 bits per heavy atom. The minimum absolute atomic E-state index is 0.0331. The van der Waals surface area contributed by atoms with Gasteiger partial charge in [0.2, 0.25) is 0 Å². The van der Waals surface area contributed by atoms with Crippen molar-refractivity contribution in [3.8, 4) is 0 Å². The summed E-state index contributed by atoms with van der Waals surface area (Å²) in [6.07, 6.45) is 0.817. The molecule has 1 heterocycles. The maximum absolute atomic E-state index is 13.3. The number of hydrogen-bond donors (Lipinski definition) is 2. The standard InChI is InChI=1S/C26H34N4O6/c1-7-35-23(33)17(20(32)14-27-24(34)36-25(3,4)5)13-19(31)16-9-8-10-18-21(16)29-22(15(2)28-18)30-26(6)11-12-26/h8-10,17H,7,11-14H2,1-6H3,(H,27,34)(H,29,30). The van der Waals surface area contributed by atoms with Gasteiger partial charge in [-0.1, -0.05) is 6.07 Å². The van der Waals surface area contributed by atoms with E-state index >= 15 is 0 Å². The number of ketones is 2. The first-order valence-electron chi connectivity index (χ1n) is 12.1. The number of fused-ring (bicyclic) bond motifs is 1. The summed E-state index contributed by atoms with van der Waals surface area (Å²) >= 11 is 0. The van der Waals surface area contributed by atoms with Crippen molar-refractivity contribution in [1.82, 2.24) is 15.3 Å². The predicted octanol–water partition coefficient (Wildman–Crippen LogP) is 3.75. The molecule has 10 heteroatoms. The van der Waals surface area contributed by atoms with Crippen molar-refractivity contribution in [2.75, 3.05) is 18.5 Å². The zero-order valence-electron chi connectivity index (χ0n) is 21.7. The van der Waals surface area contributed by atoms with Gasteiger partial charge in [0.1, 0.15) is 22.9 Å². The van der Waals surface area contributed by atoms with Gasteiger partial charge in [-0.05, 0) is 66.5 Å². The molecule has 2 N–H and O–H groups in total. The molecule has 0 radical (unpaired) electrons. The van der Waals surface area contributed by atoms with Crippen molar-refractivity contribution in [3.63, 3.8) is 0 Å². The van der Waals surface area contributed by atoms with Crippen LogP contribution in [-0.4, -0.2) is 57.9 Å². The fourth-order valence-electron chi connectivity index (χ4n) is 3.57. The minimum atomic E-state index is -1.39. The Hall–Kier alpha value is -3.56. The number of aryl methyl sites for hydroxylation is 1. The lowest BCUT2D eigenvalue weighted by atomic mass is 9.93. The van der Waals surface area contributed by atoms with E-state index in [4.69, 9.17) is 9.47 Å². The molecule has 3 rings (SSSR count). The van der Waals surface area contributed by atoms with Gasteiger partial charge in [0.05, 0.1) is 24.4 Å². The van der Waals surface area contributed by atoms with Crippen LogP contribution in [0.15, 0.2) is 18.2 Å². The fraction of sp³-hybridized carbons (Fsp3) is 0.538. The van der Waals surface area contributed by atoms with Crippen molar-refractivity contribution >= 4 is 40.5 Å². The quantitative estimate of drug-likeness (QED) is 0.285. The molecule has 0 aliphatic heterocycles. The van der Waals surface area contributed by atoms with Gasteiger partial charge in [0.15, 0.2) is 11.6 Å². The number of esters is 1. The van der Waals surface area contributed by atoms with Gasteiger partial charge < -0.3 is 20.1 Å². The summed E-state index contributed by atoms with van der Waals surface area (Å²) in [7, 11) is 0. The molecule has 1 fully saturated rings. The van der Waals surface area contributed by atoms with Crippen LogP contribution in [0.25, 0.3) is 11.0 Å². The highest BCUT2D eigenvalue weighted by Gasteiger charge is 2.38. The largest absolute Gasteiger partial charge is 0.465 e. The van der Waals surface area contributed by atoms with Gasteiger partial charge in [-0.15, -0.1) is 0 Å². The van der Waals surface area contributed by atoms with E-state index in [0.717, 1.165) is 12.8 Å². The highest BCUT2D eigenvalue weighted by molar-refractivity contribution is 6.11. The number of para-hydroxylation sites is 1. The molecule has 1 unspecified atom stereocenters. The van der Waals surface area contributed by atoms with Crippen molar-refractivity contribution in [2.45, 2.75) is 71.9 Å². The zero-order chi connectivity index (χ0) is 26.7. The summed E-state index contributed by atoms with van der Waals surface area (Å²) in [4.78, 5) is 60.0. The summed E-state index contributed by atoms with van der Waals surface area (Å²) < 4.78 is 10.2. The highest BCUT2D eigenvalue weighted by atomic mass is 16.6. The molecule has 1 atom stereocenters. The van der Waals surface area contributed by atoms with Crippen LogP contribution in [0.3, 0.4) is 0 Å². The Morgan fingerprint density at radius 1 is 1.14 bits per heavy atom. The van der Waals surface area contributed by atoms with Gasteiger partial charge >= 0.3 is 12.1 Å². The lowest BCUT2D eigenvalue weighted by Crippen LogP contribution is -2.40. The van der Waals surface area contributed by atoms with E-state index in [1.54, 1.807) is 45.9 Å². The van der Waals surface area contributed by atoms with Crippen molar-refractivity contribution in [3.05, 3.63) is 29.5 Å². The first-order valence-corrected chi connectivity index (χ1v) is 12.1. The molecule has 2 aromatic rings. The minimum Gasteiger partial charge on any atom is -0.465 e. The second-order valence-corrected chi connectivity index (χ2v) is 10.3. The molecule has 194 valence electrons. The summed E-state index contributed by atoms with van der Waals surface area (Å²) in [6.45, 7) is 10.2. The Balaban J connectivity index is 1.82. The number of alkyl carbamates (subject to hydrolysis) is 1. The average molecular weight is 499 g/mol. The van der Waals surface area contributed by atoms with E-state index in [9.17, 15) is 19.2 Å². The number of Topliss-reactive ketones (excluding diaryl/α,β-unsaturated/α-hetero) is 2. The SMILES string of the molecule is CCOC(=O)C(CC(=O)c1cccc2nc(C)c(NC3(C)CC3)nc12)C(=O)CNC(=O)OC(C)(C)C. The van der Waals surface area contributed by atoms with Gasteiger partial charge in [-0.3, -0.25) is 14.4 Å².